The fraction of sp³-hybridized carbons (Fsp3) is 0.692. The molecule has 0 aromatic carbocycles. The molecule has 0 bridgehead atoms. The zero-order valence-corrected chi connectivity index (χ0v) is 11.3. The molecule has 1 saturated heterocycles. The highest BCUT2D eigenvalue weighted by molar-refractivity contribution is 5.87. The zero-order valence-electron chi connectivity index (χ0n) is 11.3. The van der Waals surface area contributed by atoms with E-state index in [1.54, 1.807) is 12.3 Å². The van der Waals surface area contributed by atoms with E-state index < -0.39 is 5.60 Å². The van der Waals surface area contributed by atoms with E-state index in [-0.39, 0.29) is 5.97 Å². The summed E-state index contributed by atoms with van der Waals surface area (Å²) < 4.78 is 7.21. The molecular formula is C13H21N3O2. The number of hydrogen-bond donors (Lipinski definition) is 1. The van der Waals surface area contributed by atoms with Gasteiger partial charge >= 0.3 is 5.97 Å². The third-order valence-corrected chi connectivity index (χ3v) is 2.93. The molecule has 1 aromatic heterocycles. The Bertz CT molecular complexity index is 414. The van der Waals surface area contributed by atoms with Crippen molar-refractivity contribution in [3.05, 3.63) is 18.0 Å². The molecule has 5 heteroatoms. The standard InChI is InChI=1S/C13H21N3O2/c1-13(2,3)18-12(17)11-6-9-15-16(11)10-4-7-14-8-5-10/h6,9-10,14H,4-5,7-8H2,1-3H3. The lowest BCUT2D eigenvalue weighted by molar-refractivity contribution is 0.00523. The topological polar surface area (TPSA) is 56.1 Å². The maximum Gasteiger partial charge on any atom is 0.357 e. The Labute approximate surface area is 108 Å². The van der Waals surface area contributed by atoms with E-state index in [1.807, 2.05) is 25.5 Å². The van der Waals surface area contributed by atoms with Crippen LogP contribution in [0.25, 0.3) is 0 Å². The van der Waals surface area contributed by atoms with Crippen molar-refractivity contribution >= 4 is 5.97 Å². The highest BCUT2D eigenvalue weighted by Crippen LogP contribution is 2.21. The predicted octanol–water partition coefficient (Wildman–Crippen LogP) is 1.76. The van der Waals surface area contributed by atoms with E-state index in [4.69, 9.17) is 4.74 Å². The third kappa shape index (κ3) is 3.10. The number of nitrogens with one attached hydrogen (secondary N) is 1. The molecule has 2 rings (SSSR count). The summed E-state index contributed by atoms with van der Waals surface area (Å²) in [5.41, 5.74) is 0.0807. The molecule has 0 amide bonds. The summed E-state index contributed by atoms with van der Waals surface area (Å²) in [6.45, 7) is 7.55. The van der Waals surface area contributed by atoms with E-state index >= 15 is 0 Å². The number of aromatic nitrogens is 2. The van der Waals surface area contributed by atoms with Crippen LogP contribution in [0.5, 0.6) is 0 Å². The van der Waals surface area contributed by atoms with E-state index in [0.29, 0.717) is 11.7 Å². The molecule has 0 radical (unpaired) electrons. The van der Waals surface area contributed by atoms with E-state index in [1.165, 1.54) is 0 Å². The normalized spacial score (nSPS) is 17.7. The molecule has 1 aliphatic heterocycles. The molecule has 1 fully saturated rings. The molecule has 5 nitrogen and oxygen atoms in total. The first-order chi connectivity index (χ1) is 8.47. The van der Waals surface area contributed by atoms with Crippen molar-refractivity contribution in [2.45, 2.75) is 45.3 Å². The summed E-state index contributed by atoms with van der Waals surface area (Å²) in [7, 11) is 0. The molecule has 0 spiro atoms. The summed E-state index contributed by atoms with van der Waals surface area (Å²) in [5.74, 6) is -0.293. The Morgan fingerprint density at radius 2 is 2.11 bits per heavy atom. The van der Waals surface area contributed by atoms with Gasteiger partial charge in [-0.05, 0) is 52.8 Å². The first-order valence-corrected chi connectivity index (χ1v) is 6.45. The minimum atomic E-state index is -0.472. The van der Waals surface area contributed by atoms with Gasteiger partial charge in [0, 0.05) is 6.20 Å². The van der Waals surface area contributed by atoms with E-state index in [9.17, 15) is 4.79 Å². The molecule has 100 valence electrons. The first-order valence-electron chi connectivity index (χ1n) is 6.45. The van der Waals surface area contributed by atoms with Crippen LogP contribution in [0.15, 0.2) is 12.3 Å². The molecule has 1 aromatic rings. The fourth-order valence-corrected chi connectivity index (χ4v) is 2.15. The van der Waals surface area contributed by atoms with Gasteiger partial charge in [0.1, 0.15) is 11.3 Å². The van der Waals surface area contributed by atoms with Crippen LogP contribution in [0.3, 0.4) is 0 Å². The van der Waals surface area contributed by atoms with E-state index in [0.717, 1.165) is 25.9 Å². The Balaban J connectivity index is 2.14. The fourth-order valence-electron chi connectivity index (χ4n) is 2.15. The van der Waals surface area contributed by atoms with Crippen LogP contribution in [0.4, 0.5) is 0 Å². The average Bonchev–Trinajstić information content (AvgIpc) is 2.76. The molecule has 18 heavy (non-hydrogen) atoms. The van der Waals surface area contributed by atoms with Crippen molar-refractivity contribution in [2.24, 2.45) is 0 Å². The van der Waals surface area contributed by atoms with Gasteiger partial charge in [0.05, 0.1) is 6.04 Å². The average molecular weight is 251 g/mol. The molecule has 1 N–H and O–H groups in total. The smallest absolute Gasteiger partial charge is 0.357 e. The second kappa shape index (κ2) is 5.10. The van der Waals surface area contributed by atoms with Gasteiger partial charge in [-0.15, -0.1) is 0 Å². The number of rotatable bonds is 2. The lowest BCUT2D eigenvalue weighted by Crippen LogP contribution is -2.32. The van der Waals surface area contributed by atoms with Crippen LogP contribution < -0.4 is 5.32 Å². The SMILES string of the molecule is CC(C)(C)OC(=O)c1ccnn1C1CCNCC1. The number of piperidine rings is 1. The lowest BCUT2D eigenvalue weighted by Gasteiger charge is -2.25. The highest BCUT2D eigenvalue weighted by Gasteiger charge is 2.25. The van der Waals surface area contributed by atoms with Gasteiger partial charge in [0.25, 0.3) is 0 Å². The second-order valence-corrected chi connectivity index (χ2v) is 5.64. The van der Waals surface area contributed by atoms with E-state index in [2.05, 4.69) is 10.4 Å². The number of carbonyl (C=O) groups is 1. The Morgan fingerprint density at radius 1 is 1.44 bits per heavy atom. The monoisotopic (exact) mass is 251 g/mol. The molecule has 0 saturated carbocycles. The summed E-state index contributed by atoms with van der Waals surface area (Å²) >= 11 is 0. The largest absolute Gasteiger partial charge is 0.455 e. The van der Waals surface area contributed by atoms with Gasteiger partial charge in [-0.25, -0.2) is 4.79 Å². The van der Waals surface area contributed by atoms with Gasteiger partial charge < -0.3 is 10.1 Å². The lowest BCUT2D eigenvalue weighted by atomic mass is 10.1. The van der Waals surface area contributed by atoms with Gasteiger partial charge in [-0.1, -0.05) is 0 Å². The second-order valence-electron chi connectivity index (χ2n) is 5.64. The first kappa shape index (κ1) is 13.1. The van der Waals surface area contributed by atoms with Crippen LogP contribution in [-0.2, 0) is 4.74 Å². The number of hydrogen-bond acceptors (Lipinski definition) is 4. The molecule has 0 unspecified atom stereocenters. The Kier molecular flexibility index (Phi) is 3.71. The maximum atomic E-state index is 12.1. The van der Waals surface area contributed by atoms with Crippen molar-refractivity contribution in [1.29, 1.82) is 0 Å². The van der Waals surface area contributed by atoms with Crippen LogP contribution >= 0.6 is 0 Å². The summed E-state index contributed by atoms with van der Waals surface area (Å²) in [6, 6.07) is 2.03. The van der Waals surface area contributed by atoms with Crippen molar-refractivity contribution in [3.63, 3.8) is 0 Å². The van der Waals surface area contributed by atoms with Gasteiger partial charge in [0.2, 0.25) is 0 Å². The summed E-state index contributed by atoms with van der Waals surface area (Å²) in [4.78, 5) is 12.1. The molecule has 0 atom stereocenters. The van der Waals surface area contributed by atoms with Crippen LogP contribution in [0, 0.1) is 0 Å². The molecular weight excluding hydrogens is 230 g/mol. The maximum absolute atomic E-state index is 12.1. The van der Waals surface area contributed by atoms with Gasteiger partial charge in [0.15, 0.2) is 0 Å². The van der Waals surface area contributed by atoms with Crippen LogP contribution in [-0.4, -0.2) is 34.4 Å². The number of ether oxygens (including phenoxy) is 1. The minimum absolute atomic E-state index is 0.293. The quantitative estimate of drug-likeness (QED) is 0.814. The number of esters is 1. The predicted molar refractivity (Wildman–Crippen MR) is 68.5 cm³/mol. The highest BCUT2D eigenvalue weighted by atomic mass is 16.6. The summed E-state index contributed by atoms with van der Waals surface area (Å²) in [6.07, 6.45) is 3.66. The number of nitrogens with zero attached hydrogens (tertiary/aromatic N) is 2. The van der Waals surface area contributed by atoms with Gasteiger partial charge in [-0.2, -0.15) is 5.10 Å². The van der Waals surface area contributed by atoms with Gasteiger partial charge in [-0.3, -0.25) is 4.68 Å². The Hall–Kier alpha value is -1.36. The zero-order chi connectivity index (χ0) is 13.2. The summed E-state index contributed by atoms with van der Waals surface area (Å²) in [5, 5.41) is 7.59. The molecule has 1 aliphatic rings. The third-order valence-electron chi connectivity index (χ3n) is 2.93. The van der Waals surface area contributed by atoms with Crippen LogP contribution in [0.1, 0.15) is 50.1 Å². The Morgan fingerprint density at radius 3 is 2.72 bits per heavy atom. The van der Waals surface area contributed by atoms with Crippen molar-refractivity contribution in [1.82, 2.24) is 15.1 Å². The number of carbonyl (C=O) groups excluding carboxylic acids is 1. The van der Waals surface area contributed by atoms with Crippen molar-refractivity contribution < 1.29 is 9.53 Å². The molecule has 0 aliphatic carbocycles. The van der Waals surface area contributed by atoms with Crippen molar-refractivity contribution in [2.75, 3.05) is 13.1 Å². The molecule has 2 heterocycles. The van der Waals surface area contributed by atoms with Crippen LogP contribution in [0.2, 0.25) is 0 Å². The minimum Gasteiger partial charge on any atom is -0.455 e. The van der Waals surface area contributed by atoms with Crippen molar-refractivity contribution in [3.8, 4) is 0 Å².